The number of amides is 1. The number of hydrogen-bond donors (Lipinski definition) is 1. The van der Waals surface area contributed by atoms with E-state index in [9.17, 15) is 10.1 Å². The number of ether oxygens (including phenoxy) is 3. The van der Waals surface area contributed by atoms with Crippen molar-refractivity contribution in [1.29, 1.82) is 5.26 Å². The number of benzene rings is 2. The number of rotatable bonds is 7. The van der Waals surface area contributed by atoms with Gasteiger partial charge in [-0.25, -0.2) is 0 Å². The van der Waals surface area contributed by atoms with Crippen LogP contribution in [-0.2, 0) is 11.2 Å². The van der Waals surface area contributed by atoms with E-state index in [1.165, 1.54) is 0 Å². The molecule has 1 N–H and O–H groups in total. The smallest absolute Gasteiger partial charge is 0.242 e. The molecule has 0 aliphatic carbocycles. The van der Waals surface area contributed by atoms with Crippen molar-refractivity contribution in [2.45, 2.75) is 6.42 Å². The Morgan fingerprint density at radius 1 is 1.04 bits per heavy atom. The van der Waals surface area contributed by atoms with E-state index in [2.05, 4.69) is 5.32 Å². The predicted octanol–water partition coefficient (Wildman–Crippen LogP) is 3.03. The number of methoxy groups -OCH3 is 3. The van der Waals surface area contributed by atoms with Crippen molar-refractivity contribution in [2.75, 3.05) is 26.6 Å². The van der Waals surface area contributed by atoms with Gasteiger partial charge < -0.3 is 19.5 Å². The standard InChI is InChI=1S/C19H20N2O4/c1-23-16-6-4-15(5-7-16)21-19(22)14(12-20)10-13-11-17(24-2)8-9-18(13)25-3/h4-9,11,14H,10H2,1-3H3,(H,21,22)/t14-/m1/s1. The molecule has 25 heavy (non-hydrogen) atoms. The van der Waals surface area contributed by atoms with Crippen LogP contribution in [0.5, 0.6) is 17.2 Å². The molecule has 130 valence electrons. The van der Waals surface area contributed by atoms with Crippen molar-refractivity contribution in [3.05, 3.63) is 48.0 Å². The first-order valence-corrected chi connectivity index (χ1v) is 7.66. The molecule has 2 aromatic rings. The Kier molecular flexibility index (Phi) is 6.24. The Bertz CT molecular complexity index is 766. The monoisotopic (exact) mass is 340 g/mol. The summed E-state index contributed by atoms with van der Waals surface area (Å²) in [5.74, 6) is 0.706. The summed E-state index contributed by atoms with van der Waals surface area (Å²) < 4.78 is 15.6. The normalized spacial score (nSPS) is 11.1. The van der Waals surface area contributed by atoms with Crippen LogP contribution in [0, 0.1) is 17.2 Å². The number of carbonyl (C=O) groups excluding carboxylic acids is 1. The lowest BCUT2D eigenvalue weighted by Crippen LogP contribution is -2.23. The summed E-state index contributed by atoms with van der Waals surface area (Å²) >= 11 is 0. The summed E-state index contributed by atoms with van der Waals surface area (Å²) in [6.45, 7) is 0. The van der Waals surface area contributed by atoms with Crippen LogP contribution in [0.3, 0.4) is 0 Å². The Morgan fingerprint density at radius 2 is 1.68 bits per heavy atom. The summed E-state index contributed by atoms with van der Waals surface area (Å²) in [6, 6.07) is 14.3. The lowest BCUT2D eigenvalue weighted by molar-refractivity contribution is -0.118. The zero-order chi connectivity index (χ0) is 18.2. The molecular weight excluding hydrogens is 320 g/mol. The molecule has 0 bridgehead atoms. The first kappa shape index (κ1) is 18.1. The minimum absolute atomic E-state index is 0.221. The van der Waals surface area contributed by atoms with E-state index in [-0.39, 0.29) is 12.3 Å². The average molecular weight is 340 g/mol. The van der Waals surface area contributed by atoms with Crippen molar-refractivity contribution in [1.82, 2.24) is 0 Å². The Balaban J connectivity index is 2.13. The third-order valence-corrected chi connectivity index (χ3v) is 3.74. The number of anilines is 1. The predicted molar refractivity (Wildman–Crippen MR) is 94.0 cm³/mol. The molecule has 0 aromatic heterocycles. The molecule has 0 fully saturated rings. The van der Waals surface area contributed by atoms with Gasteiger partial charge in [-0.05, 0) is 48.0 Å². The van der Waals surface area contributed by atoms with E-state index in [1.54, 1.807) is 63.8 Å². The van der Waals surface area contributed by atoms with E-state index in [0.717, 1.165) is 5.56 Å². The molecule has 0 spiro atoms. The Labute approximate surface area is 146 Å². The van der Waals surface area contributed by atoms with Gasteiger partial charge in [0.15, 0.2) is 0 Å². The van der Waals surface area contributed by atoms with Gasteiger partial charge in [-0.3, -0.25) is 4.79 Å². The second kappa shape index (κ2) is 8.60. The van der Waals surface area contributed by atoms with E-state index in [4.69, 9.17) is 14.2 Å². The molecule has 6 nitrogen and oxygen atoms in total. The highest BCUT2D eigenvalue weighted by Crippen LogP contribution is 2.27. The lowest BCUT2D eigenvalue weighted by atomic mass is 9.98. The third-order valence-electron chi connectivity index (χ3n) is 3.74. The maximum Gasteiger partial charge on any atom is 0.242 e. The molecule has 0 unspecified atom stereocenters. The molecular formula is C19H20N2O4. The lowest BCUT2D eigenvalue weighted by Gasteiger charge is -2.14. The minimum Gasteiger partial charge on any atom is -0.497 e. The second-order valence-corrected chi connectivity index (χ2v) is 5.28. The first-order chi connectivity index (χ1) is 12.1. The van der Waals surface area contributed by atoms with Crippen LogP contribution in [0.4, 0.5) is 5.69 Å². The number of nitriles is 1. The van der Waals surface area contributed by atoms with Gasteiger partial charge in [0.05, 0.1) is 27.4 Å². The van der Waals surface area contributed by atoms with Crippen LogP contribution in [-0.4, -0.2) is 27.2 Å². The summed E-state index contributed by atoms with van der Waals surface area (Å²) in [4.78, 5) is 12.4. The summed E-state index contributed by atoms with van der Waals surface area (Å²) in [5.41, 5.74) is 1.34. The summed E-state index contributed by atoms with van der Waals surface area (Å²) in [7, 11) is 4.68. The fourth-order valence-electron chi connectivity index (χ4n) is 2.36. The molecule has 0 saturated heterocycles. The summed E-state index contributed by atoms with van der Waals surface area (Å²) in [5, 5.41) is 12.1. The van der Waals surface area contributed by atoms with Crippen LogP contribution < -0.4 is 19.5 Å². The van der Waals surface area contributed by atoms with Gasteiger partial charge in [-0.15, -0.1) is 0 Å². The fourth-order valence-corrected chi connectivity index (χ4v) is 2.36. The molecule has 0 aliphatic heterocycles. The van der Waals surface area contributed by atoms with Gasteiger partial charge in [0.2, 0.25) is 5.91 Å². The number of hydrogen-bond acceptors (Lipinski definition) is 5. The minimum atomic E-state index is -0.858. The zero-order valence-electron chi connectivity index (χ0n) is 14.4. The highest BCUT2D eigenvalue weighted by atomic mass is 16.5. The zero-order valence-corrected chi connectivity index (χ0v) is 14.4. The highest BCUT2D eigenvalue weighted by Gasteiger charge is 2.21. The second-order valence-electron chi connectivity index (χ2n) is 5.28. The molecule has 1 atom stereocenters. The third kappa shape index (κ3) is 4.64. The van der Waals surface area contributed by atoms with E-state index in [0.29, 0.717) is 22.9 Å². The fraction of sp³-hybridized carbons (Fsp3) is 0.263. The van der Waals surface area contributed by atoms with E-state index in [1.807, 2.05) is 6.07 Å². The van der Waals surface area contributed by atoms with Crippen LogP contribution in [0.1, 0.15) is 5.56 Å². The molecule has 0 saturated carbocycles. The highest BCUT2D eigenvalue weighted by molar-refractivity contribution is 5.94. The maximum absolute atomic E-state index is 12.4. The first-order valence-electron chi connectivity index (χ1n) is 7.66. The van der Waals surface area contributed by atoms with Crippen LogP contribution >= 0.6 is 0 Å². The molecule has 0 radical (unpaired) electrons. The molecule has 6 heteroatoms. The molecule has 2 rings (SSSR count). The van der Waals surface area contributed by atoms with Crippen LogP contribution in [0.25, 0.3) is 0 Å². The Hall–Kier alpha value is -3.20. The van der Waals surface area contributed by atoms with Gasteiger partial charge >= 0.3 is 0 Å². The molecule has 2 aromatic carbocycles. The molecule has 1 amide bonds. The topological polar surface area (TPSA) is 80.6 Å². The molecule has 0 heterocycles. The largest absolute Gasteiger partial charge is 0.497 e. The average Bonchev–Trinajstić information content (AvgIpc) is 2.66. The van der Waals surface area contributed by atoms with Crippen molar-refractivity contribution in [2.24, 2.45) is 5.92 Å². The number of nitrogens with zero attached hydrogens (tertiary/aromatic N) is 1. The Morgan fingerprint density at radius 3 is 2.24 bits per heavy atom. The van der Waals surface area contributed by atoms with Crippen molar-refractivity contribution < 1.29 is 19.0 Å². The van der Waals surface area contributed by atoms with Crippen LogP contribution in [0.15, 0.2) is 42.5 Å². The SMILES string of the molecule is COc1ccc(NC(=O)[C@@H](C#N)Cc2cc(OC)ccc2OC)cc1. The van der Waals surface area contributed by atoms with Crippen molar-refractivity contribution >= 4 is 11.6 Å². The van der Waals surface area contributed by atoms with Gasteiger partial charge in [-0.1, -0.05) is 0 Å². The quantitative estimate of drug-likeness (QED) is 0.838. The maximum atomic E-state index is 12.4. The van der Waals surface area contributed by atoms with E-state index < -0.39 is 5.92 Å². The van der Waals surface area contributed by atoms with Gasteiger partial charge in [-0.2, -0.15) is 5.26 Å². The van der Waals surface area contributed by atoms with Crippen molar-refractivity contribution in [3.8, 4) is 23.3 Å². The number of carbonyl (C=O) groups is 1. The molecule has 0 aliphatic rings. The van der Waals surface area contributed by atoms with Crippen LogP contribution in [0.2, 0.25) is 0 Å². The van der Waals surface area contributed by atoms with Gasteiger partial charge in [0.25, 0.3) is 0 Å². The number of nitrogens with one attached hydrogen (secondary N) is 1. The van der Waals surface area contributed by atoms with Gasteiger partial charge in [0.1, 0.15) is 23.2 Å². The van der Waals surface area contributed by atoms with Crippen molar-refractivity contribution in [3.63, 3.8) is 0 Å². The van der Waals surface area contributed by atoms with Gasteiger partial charge in [0, 0.05) is 12.1 Å². The van der Waals surface area contributed by atoms with E-state index >= 15 is 0 Å². The summed E-state index contributed by atoms with van der Waals surface area (Å²) in [6.07, 6.45) is 0.221.